The number of anilines is 1. The first kappa shape index (κ1) is 13.2. The molecule has 0 bridgehead atoms. The highest BCUT2D eigenvalue weighted by atomic mass is 16.5. The molecule has 1 aromatic heterocycles. The highest BCUT2D eigenvalue weighted by Crippen LogP contribution is 2.17. The van der Waals surface area contributed by atoms with Gasteiger partial charge in [-0.2, -0.15) is 4.98 Å². The van der Waals surface area contributed by atoms with E-state index in [2.05, 4.69) is 20.0 Å². The average molecular weight is 262 g/mol. The molecular formula is C12H14N4O3. The number of rotatable bonds is 5. The van der Waals surface area contributed by atoms with Crippen molar-refractivity contribution >= 4 is 11.6 Å². The topological polar surface area (TPSA) is 103 Å². The number of benzene rings is 1. The van der Waals surface area contributed by atoms with Gasteiger partial charge < -0.3 is 20.3 Å². The van der Waals surface area contributed by atoms with Crippen molar-refractivity contribution in [3.8, 4) is 11.4 Å². The molecule has 0 spiro atoms. The first-order valence-corrected chi connectivity index (χ1v) is 5.63. The number of hydrogen-bond acceptors (Lipinski definition) is 6. The van der Waals surface area contributed by atoms with Gasteiger partial charge in [0.05, 0.1) is 6.61 Å². The normalized spacial score (nSPS) is 12.1. The number of carbonyl (C=O) groups is 1. The predicted molar refractivity (Wildman–Crippen MR) is 68.2 cm³/mol. The second-order valence-corrected chi connectivity index (χ2v) is 3.88. The highest BCUT2D eigenvalue weighted by molar-refractivity contribution is 5.94. The van der Waals surface area contributed by atoms with Crippen molar-refractivity contribution in [2.75, 3.05) is 19.0 Å². The predicted octanol–water partition coefficient (Wildman–Crippen LogP) is 0.649. The molecule has 0 saturated carbocycles. The summed E-state index contributed by atoms with van der Waals surface area (Å²) in [5.41, 5.74) is 7.05. The largest absolute Gasteiger partial charge is 0.383 e. The molecule has 0 aliphatic rings. The molecule has 7 heteroatoms. The lowest BCUT2D eigenvalue weighted by molar-refractivity contribution is -0.118. The van der Waals surface area contributed by atoms with Crippen molar-refractivity contribution in [2.45, 2.75) is 6.04 Å². The molecule has 100 valence electrons. The Morgan fingerprint density at radius 3 is 2.79 bits per heavy atom. The van der Waals surface area contributed by atoms with E-state index in [9.17, 15) is 4.79 Å². The molecule has 1 unspecified atom stereocenters. The van der Waals surface area contributed by atoms with Crippen LogP contribution in [0.2, 0.25) is 0 Å². The Kier molecular flexibility index (Phi) is 4.22. The van der Waals surface area contributed by atoms with Crippen LogP contribution in [0.15, 0.2) is 35.2 Å². The second kappa shape index (κ2) is 6.07. The van der Waals surface area contributed by atoms with Crippen LogP contribution in [0.1, 0.15) is 0 Å². The summed E-state index contributed by atoms with van der Waals surface area (Å²) in [4.78, 5) is 15.6. The van der Waals surface area contributed by atoms with E-state index in [4.69, 9.17) is 10.5 Å². The van der Waals surface area contributed by atoms with Crippen molar-refractivity contribution in [3.05, 3.63) is 30.7 Å². The number of methoxy groups -OCH3 is 1. The molecule has 3 N–H and O–H groups in total. The number of hydrogen-bond donors (Lipinski definition) is 2. The Morgan fingerprint density at radius 1 is 1.47 bits per heavy atom. The number of aromatic nitrogens is 2. The van der Waals surface area contributed by atoms with Gasteiger partial charge >= 0.3 is 0 Å². The quantitative estimate of drug-likeness (QED) is 0.820. The molecule has 0 fully saturated rings. The average Bonchev–Trinajstić information content (AvgIpc) is 2.94. The molecule has 0 aliphatic carbocycles. The van der Waals surface area contributed by atoms with Gasteiger partial charge in [0.15, 0.2) is 0 Å². The zero-order chi connectivity index (χ0) is 13.7. The zero-order valence-electron chi connectivity index (χ0n) is 10.4. The summed E-state index contributed by atoms with van der Waals surface area (Å²) < 4.78 is 9.48. The van der Waals surface area contributed by atoms with Gasteiger partial charge in [-0.05, 0) is 24.3 Å². The van der Waals surface area contributed by atoms with E-state index in [-0.39, 0.29) is 12.5 Å². The van der Waals surface area contributed by atoms with Gasteiger partial charge in [-0.1, -0.05) is 5.16 Å². The van der Waals surface area contributed by atoms with E-state index in [0.717, 1.165) is 5.56 Å². The van der Waals surface area contributed by atoms with E-state index in [0.29, 0.717) is 11.5 Å². The number of nitrogens with one attached hydrogen (secondary N) is 1. The fraction of sp³-hybridized carbons (Fsp3) is 0.250. The molecule has 0 aliphatic heterocycles. The van der Waals surface area contributed by atoms with Crippen LogP contribution in [0.5, 0.6) is 0 Å². The monoisotopic (exact) mass is 262 g/mol. The summed E-state index contributed by atoms with van der Waals surface area (Å²) in [6.07, 6.45) is 1.26. The second-order valence-electron chi connectivity index (χ2n) is 3.88. The van der Waals surface area contributed by atoms with Crippen molar-refractivity contribution < 1.29 is 14.1 Å². The van der Waals surface area contributed by atoms with Crippen molar-refractivity contribution in [3.63, 3.8) is 0 Å². The standard InChI is InChI=1S/C12H14N4O3/c1-18-6-10(13)12(17)15-9-4-2-8(3-5-9)11-14-7-19-16-11/h2-5,7,10H,6,13H2,1H3,(H,15,17). The molecule has 1 amide bonds. The third-order valence-electron chi connectivity index (χ3n) is 2.45. The summed E-state index contributed by atoms with van der Waals surface area (Å²) in [6.45, 7) is 0.173. The lowest BCUT2D eigenvalue weighted by Gasteiger charge is -2.11. The molecule has 19 heavy (non-hydrogen) atoms. The number of nitrogens with two attached hydrogens (primary N) is 1. The Bertz CT molecular complexity index is 524. The van der Waals surface area contributed by atoms with Crippen LogP contribution in [0.25, 0.3) is 11.4 Å². The lowest BCUT2D eigenvalue weighted by Crippen LogP contribution is -2.39. The minimum atomic E-state index is -0.693. The maximum Gasteiger partial charge on any atom is 0.243 e. The van der Waals surface area contributed by atoms with Gasteiger partial charge in [0.2, 0.25) is 18.1 Å². The molecule has 1 atom stereocenters. The smallest absolute Gasteiger partial charge is 0.243 e. The SMILES string of the molecule is COCC(N)C(=O)Nc1ccc(-c2ncon2)cc1. The fourth-order valence-corrected chi connectivity index (χ4v) is 1.49. The molecule has 2 aromatic rings. The Labute approximate surface area is 109 Å². The third-order valence-corrected chi connectivity index (χ3v) is 2.45. The van der Waals surface area contributed by atoms with E-state index in [1.807, 2.05) is 0 Å². The first-order chi connectivity index (χ1) is 9.20. The van der Waals surface area contributed by atoms with Gasteiger partial charge in [-0.25, -0.2) is 0 Å². The van der Waals surface area contributed by atoms with Crippen LogP contribution in [0.4, 0.5) is 5.69 Å². The van der Waals surface area contributed by atoms with E-state index in [1.54, 1.807) is 24.3 Å². The number of nitrogens with zero attached hydrogens (tertiary/aromatic N) is 2. The van der Waals surface area contributed by atoms with Crippen molar-refractivity contribution in [1.29, 1.82) is 0 Å². The lowest BCUT2D eigenvalue weighted by atomic mass is 10.2. The molecule has 2 rings (SSSR count). The molecule has 7 nitrogen and oxygen atoms in total. The molecule has 0 saturated heterocycles. The number of ether oxygens (including phenoxy) is 1. The number of carbonyl (C=O) groups excluding carboxylic acids is 1. The van der Waals surface area contributed by atoms with Crippen LogP contribution in [0.3, 0.4) is 0 Å². The zero-order valence-corrected chi connectivity index (χ0v) is 10.4. The fourth-order valence-electron chi connectivity index (χ4n) is 1.49. The minimum Gasteiger partial charge on any atom is -0.383 e. The molecule has 1 aromatic carbocycles. The van der Waals surface area contributed by atoms with Crippen LogP contribution in [-0.2, 0) is 9.53 Å². The minimum absolute atomic E-state index is 0.173. The van der Waals surface area contributed by atoms with Gasteiger partial charge in [-0.15, -0.1) is 0 Å². The Balaban J connectivity index is 2.01. The van der Waals surface area contributed by atoms with Gasteiger partial charge in [-0.3, -0.25) is 4.79 Å². The Morgan fingerprint density at radius 2 is 2.21 bits per heavy atom. The molecule has 1 heterocycles. The van der Waals surface area contributed by atoms with Gasteiger partial charge in [0.1, 0.15) is 6.04 Å². The summed E-state index contributed by atoms with van der Waals surface area (Å²) >= 11 is 0. The van der Waals surface area contributed by atoms with Crippen LogP contribution in [-0.4, -0.2) is 35.8 Å². The van der Waals surface area contributed by atoms with E-state index < -0.39 is 6.04 Å². The first-order valence-electron chi connectivity index (χ1n) is 5.63. The maximum absolute atomic E-state index is 11.7. The third kappa shape index (κ3) is 3.36. The van der Waals surface area contributed by atoms with Gasteiger partial charge in [0.25, 0.3) is 0 Å². The summed E-state index contributed by atoms with van der Waals surface area (Å²) in [6, 6.07) is 6.35. The van der Waals surface area contributed by atoms with Gasteiger partial charge in [0, 0.05) is 18.4 Å². The molecular weight excluding hydrogens is 248 g/mol. The van der Waals surface area contributed by atoms with Crippen LogP contribution in [0, 0.1) is 0 Å². The number of amides is 1. The van der Waals surface area contributed by atoms with Crippen molar-refractivity contribution in [1.82, 2.24) is 10.1 Å². The van der Waals surface area contributed by atoms with Crippen LogP contribution < -0.4 is 11.1 Å². The summed E-state index contributed by atoms with van der Waals surface area (Å²) in [5.74, 6) is 0.197. The summed E-state index contributed by atoms with van der Waals surface area (Å²) in [5, 5.41) is 6.41. The van der Waals surface area contributed by atoms with E-state index >= 15 is 0 Å². The van der Waals surface area contributed by atoms with E-state index in [1.165, 1.54) is 13.5 Å². The van der Waals surface area contributed by atoms with Crippen molar-refractivity contribution in [2.24, 2.45) is 5.73 Å². The Hall–Kier alpha value is -2.25. The highest BCUT2D eigenvalue weighted by Gasteiger charge is 2.13. The van der Waals surface area contributed by atoms with Crippen LogP contribution >= 0.6 is 0 Å². The maximum atomic E-state index is 11.7. The molecule has 0 radical (unpaired) electrons. The summed E-state index contributed by atoms with van der Waals surface area (Å²) in [7, 11) is 1.49.